The summed E-state index contributed by atoms with van der Waals surface area (Å²) < 4.78 is 43.1. The summed E-state index contributed by atoms with van der Waals surface area (Å²) in [5.74, 6) is -1.39. The van der Waals surface area contributed by atoms with Crippen molar-refractivity contribution in [2.75, 3.05) is 19.7 Å². The highest BCUT2D eigenvalue weighted by atomic mass is 19.4. The Labute approximate surface area is 143 Å². The van der Waals surface area contributed by atoms with E-state index in [1.54, 1.807) is 11.8 Å². The number of nitrogens with zero attached hydrogens (tertiary/aromatic N) is 1. The minimum atomic E-state index is -4.38. The number of benzene rings is 1. The van der Waals surface area contributed by atoms with Gasteiger partial charge in [0.05, 0.1) is 24.7 Å². The Morgan fingerprint density at radius 1 is 1.32 bits per heavy atom. The predicted octanol–water partition coefficient (Wildman–Crippen LogP) is 2.90. The fraction of sp³-hybridized carbons (Fsp3) is 0.529. The second-order valence-corrected chi connectivity index (χ2v) is 6.16. The average molecular weight is 359 g/mol. The first-order valence-corrected chi connectivity index (χ1v) is 7.95. The van der Waals surface area contributed by atoms with Gasteiger partial charge in [-0.1, -0.05) is 19.1 Å². The van der Waals surface area contributed by atoms with Crippen LogP contribution in [0.15, 0.2) is 24.3 Å². The maximum atomic E-state index is 12.6. The van der Waals surface area contributed by atoms with Crippen molar-refractivity contribution < 1.29 is 32.6 Å². The number of morpholine rings is 1. The SMILES string of the molecule is C[C@@H](CC(=O)N1CCO[C@H](CC(=O)O)C1)c1ccc(C(F)(F)F)cc1. The minimum Gasteiger partial charge on any atom is -0.481 e. The lowest BCUT2D eigenvalue weighted by atomic mass is 9.96. The summed E-state index contributed by atoms with van der Waals surface area (Å²) in [7, 11) is 0. The fourth-order valence-electron chi connectivity index (χ4n) is 2.77. The van der Waals surface area contributed by atoms with E-state index in [-0.39, 0.29) is 37.8 Å². The topological polar surface area (TPSA) is 66.8 Å². The lowest BCUT2D eigenvalue weighted by Gasteiger charge is -2.33. The normalized spacial score (nSPS) is 19.5. The predicted molar refractivity (Wildman–Crippen MR) is 83.0 cm³/mol. The molecule has 1 fully saturated rings. The molecule has 0 aliphatic carbocycles. The van der Waals surface area contributed by atoms with Crippen molar-refractivity contribution in [1.82, 2.24) is 4.90 Å². The van der Waals surface area contributed by atoms with Crippen LogP contribution in [0.3, 0.4) is 0 Å². The zero-order chi connectivity index (χ0) is 18.6. The van der Waals surface area contributed by atoms with Crippen LogP contribution in [0.1, 0.15) is 36.8 Å². The lowest BCUT2D eigenvalue weighted by molar-refractivity contribution is -0.147. The van der Waals surface area contributed by atoms with Crippen LogP contribution in [0.5, 0.6) is 0 Å². The molecule has 1 aliphatic heterocycles. The van der Waals surface area contributed by atoms with Gasteiger partial charge in [0.25, 0.3) is 0 Å². The van der Waals surface area contributed by atoms with Gasteiger partial charge in [0.2, 0.25) is 5.91 Å². The van der Waals surface area contributed by atoms with Crippen LogP contribution in [0.25, 0.3) is 0 Å². The van der Waals surface area contributed by atoms with Crippen molar-refractivity contribution in [3.63, 3.8) is 0 Å². The van der Waals surface area contributed by atoms with Crippen molar-refractivity contribution in [2.24, 2.45) is 0 Å². The number of carbonyl (C=O) groups excluding carboxylic acids is 1. The molecule has 1 N–H and O–H groups in total. The summed E-state index contributed by atoms with van der Waals surface area (Å²) in [6.07, 6.45) is -4.94. The van der Waals surface area contributed by atoms with Gasteiger partial charge in [-0.3, -0.25) is 9.59 Å². The molecule has 1 aromatic rings. The largest absolute Gasteiger partial charge is 0.481 e. The van der Waals surface area contributed by atoms with Gasteiger partial charge in [-0.25, -0.2) is 0 Å². The highest BCUT2D eigenvalue weighted by Crippen LogP contribution is 2.30. The molecule has 2 atom stereocenters. The third-order valence-corrected chi connectivity index (χ3v) is 4.18. The molecule has 0 saturated carbocycles. The first-order valence-electron chi connectivity index (χ1n) is 7.95. The number of amides is 1. The van der Waals surface area contributed by atoms with E-state index in [1.165, 1.54) is 12.1 Å². The Morgan fingerprint density at radius 3 is 2.52 bits per heavy atom. The maximum absolute atomic E-state index is 12.6. The number of hydrogen-bond donors (Lipinski definition) is 1. The lowest BCUT2D eigenvalue weighted by Crippen LogP contribution is -2.46. The van der Waals surface area contributed by atoms with E-state index in [2.05, 4.69) is 0 Å². The maximum Gasteiger partial charge on any atom is 0.416 e. The summed E-state index contributed by atoms with van der Waals surface area (Å²) in [4.78, 5) is 24.7. The zero-order valence-electron chi connectivity index (χ0n) is 13.8. The molecule has 1 aromatic carbocycles. The molecular formula is C17H20F3NO4. The van der Waals surface area contributed by atoms with Gasteiger partial charge in [-0.2, -0.15) is 13.2 Å². The van der Waals surface area contributed by atoms with Crippen molar-refractivity contribution in [3.05, 3.63) is 35.4 Å². The Kier molecular flexibility index (Phi) is 6.05. The second-order valence-electron chi connectivity index (χ2n) is 6.16. The molecule has 0 unspecified atom stereocenters. The van der Waals surface area contributed by atoms with Gasteiger partial charge >= 0.3 is 12.1 Å². The Morgan fingerprint density at radius 2 is 1.96 bits per heavy atom. The van der Waals surface area contributed by atoms with Gasteiger partial charge in [0, 0.05) is 19.5 Å². The summed E-state index contributed by atoms with van der Waals surface area (Å²) in [6, 6.07) is 4.78. The Balaban J connectivity index is 1.94. The van der Waals surface area contributed by atoms with E-state index >= 15 is 0 Å². The number of alkyl halides is 3. The molecule has 0 radical (unpaired) electrons. The van der Waals surface area contributed by atoms with Gasteiger partial charge < -0.3 is 14.7 Å². The van der Waals surface area contributed by atoms with E-state index in [0.29, 0.717) is 12.1 Å². The molecular weight excluding hydrogens is 339 g/mol. The van der Waals surface area contributed by atoms with Crippen LogP contribution < -0.4 is 0 Å². The first kappa shape index (κ1) is 19.2. The molecule has 25 heavy (non-hydrogen) atoms. The summed E-state index contributed by atoms with van der Waals surface area (Å²) in [5, 5.41) is 8.80. The molecule has 0 bridgehead atoms. The van der Waals surface area contributed by atoms with E-state index in [9.17, 15) is 22.8 Å². The van der Waals surface area contributed by atoms with E-state index < -0.39 is 23.8 Å². The zero-order valence-corrected chi connectivity index (χ0v) is 13.8. The van der Waals surface area contributed by atoms with Crippen molar-refractivity contribution in [3.8, 4) is 0 Å². The monoisotopic (exact) mass is 359 g/mol. The van der Waals surface area contributed by atoms with Crippen LogP contribution in [-0.2, 0) is 20.5 Å². The first-order chi connectivity index (χ1) is 11.7. The van der Waals surface area contributed by atoms with Crippen molar-refractivity contribution >= 4 is 11.9 Å². The van der Waals surface area contributed by atoms with E-state index in [1.807, 2.05) is 0 Å². The van der Waals surface area contributed by atoms with Crippen LogP contribution in [0.2, 0.25) is 0 Å². The number of carbonyl (C=O) groups is 2. The minimum absolute atomic E-state index is 0.144. The Bertz CT molecular complexity index is 615. The Hall–Kier alpha value is -2.09. The standard InChI is InChI=1S/C17H20F3NO4/c1-11(12-2-4-13(5-3-12)17(18,19)20)8-15(22)21-6-7-25-14(10-21)9-16(23)24/h2-5,11,14H,6-10H2,1H3,(H,23,24)/t11-,14+/m0/s1. The molecule has 0 spiro atoms. The highest BCUT2D eigenvalue weighted by molar-refractivity contribution is 5.77. The number of hydrogen-bond acceptors (Lipinski definition) is 3. The molecule has 1 aliphatic rings. The molecule has 5 nitrogen and oxygen atoms in total. The number of ether oxygens (including phenoxy) is 1. The molecule has 2 rings (SSSR count). The van der Waals surface area contributed by atoms with Gasteiger partial charge in [0.15, 0.2) is 0 Å². The molecule has 138 valence electrons. The van der Waals surface area contributed by atoms with Crippen LogP contribution in [0, 0.1) is 0 Å². The molecule has 1 amide bonds. The number of halogens is 3. The number of aliphatic carboxylic acids is 1. The highest BCUT2D eigenvalue weighted by Gasteiger charge is 2.30. The number of carboxylic acid groups (broad SMARTS) is 1. The molecule has 1 heterocycles. The summed E-state index contributed by atoms with van der Waals surface area (Å²) in [6.45, 7) is 2.65. The summed E-state index contributed by atoms with van der Waals surface area (Å²) >= 11 is 0. The number of rotatable bonds is 5. The van der Waals surface area contributed by atoms with E-state index in [4.69, 9.17) is 9.84 Å². The van der Waals surface area contributed by atoms with Crippen molar-refractivity contribution in [2.45, 2.75) is 38.0 Å². The van der Waals surface area contributed by atoms with Crippen LogP contribution >= 0.6 is 0 Å². The van der Waals surface area contributed by atoms with E-state index in [0.717, 1.165) is 12.1 Å². The molecule has 0 aromatic heterocycles. The molecule has 1 saturated heterocycles. The third-order valence-electron chi connectivity index (χ3n) is 4.18. The van der Waals surface area contributed by atoms with Gasteiger partial charge in [-0.15, -0.1) is 0 Å². The van der Waals surface area contributed by atoms with Crippen LogP contribution in [0.4, 0.5) is 13.2 Å². The quantitative estimate of drug-likeness (QED) is 0.878. The van der Waals surface area contributed by atoms with Crippen molar-refractivity contribution in [1.29, 1.82) is 0 Å². The number of carboxylic acids is 1. The smallest absolute Gasteiger partial charge is 0.416 e. The van der Waals surface area contributed by atoms with Gasteiger partial charge in [-0.05, 0) is 23.6 Å². The fourth-order valence-corrected chi connectivity index (χ4v) is 2.77. The second kappa shape index (κ2) is 7.86. The van der Waals surface area contributed by atoms with Crippen LogP contribution in [-0.4, -0.2) is 47.7 Å². The van der Waals surface area contributed by atoms with Gasteiger partial charge in [0.1, 0.15) is 0 Å². The third kappa shape index (κ3) is 5.45. The summed E-state index contributed by atoms with van der Waals surface area (Å²) in [5.41, 5.74) is -0.0730. The average Bonchev–Trinajstić information content (AvgIpc) is 2.53. The molecule has 8 heteroatoms.